The molecule has 0 saturated heterocycles. The summed E-state index contributed by atoms with van der Waals surface area (Å²) >= 11 is 1.64. The van der Waals surface area contributed by atoms with Crippen molar-refractivity contribution >= 4 is 21.6 Å². The Morgan fingerprint density at radius 1 is 1.41 bits per heavy atom. The van der Waals surface area contributed by atoms with E-state index in [4.69, 9.17) is 4.74 Å². The summed E-state index contributed by atoms with van der Waals surface area (Å²) in [5, 5.41) is 10.8. The SMILES string of the molecule is CCCOCC(O)Cc1nc2ccccc2s1. The number of aromatic nitrogens is 1. The van der Waals surface area contributed by atoms with E-state index in [0.717, 1.165) is 16.9 Å². The van der Waals surface area contributed by atoms with E-state index in [-0.39, 0.29) is 0 Å². The second kappa shape index (κ2) is 6.10. The van der Waals surface area contributed by atoms with E-state index >= 15 is 0 Å². The van der Waals surface area contributed by atoms with Crippen molar-refractivity contribution < 1.29 is 9.84 Å². The summed E-state index contributed by atoms with van der Waals surface area (Å²) in [6.45, 7) is 3.15. The van der Waals surface area contributed by atoms with Gasteiger partial charge in [0, 0.05) is 13.0 Å². The zero-order valence-electron chi connectivity index (χ0n) is 9.93. The number of para-hydroxylation sites is 1. The van der Waals surface area contributed by atoms with Crippen LogP contribution in [0.1, 0.15) is 18.4 Å². The number of hydrogen-bond donors (Lipinski definition) is 1. The fourth-order valence-electron chi connectivity index (χ4n) is 1.63. The Hall–Kier alpha value is -0.970. The highest BCUT2D eigenvalue weighted by Gasteiger charge is 2.09. The van der Waals surface area contributed by atoms with Gasteiger partial charge in [-0.1, -0.05) is 19.1 Å². The van der Waals surface area contributed by atoms with Crippen LogP contribution in [0, 0.1) is 0 Å². The van der Waals surface area contributed by atoms with Crippen molar-refractivity contribution in [2.45, 2.75) is 25.9 Å². The van der Waals surface area contributed by atoms with Gasteiger partial charge in [0.05, 0.1) is 27.9 Å². The third-order valence-electron chi connectivity index (χ3n) is 2.41. The van der Waals surface area contributed by atoms with Crippen molar-refractivity contribution in [2.75, 3.05) is 13.2 Å². The lowest BCUT2D eigenvalue weighted by atomic mass is 10.3. The molecular weight excluding hydrogens is 234 g/mol. The summed E-state index contributed by atoms with van der Waals surface area (Å²) < 4.78 is 6.49. The van der Waals surface area contributed by atoms with E-state index in [9.17, 15) is 5.11 Å². The molecule has 0 bridgehead atoms. The maximum absolute atomic E-state index is 9.80. The molecule has 1 unspecified atom stereocenters. The van der Waals surface area contributed by atoms with Crippen molar-refractivity contribution in [2.24, 2.45) is 0 Å². The number of aliphatic hydroxyl groups excluding tert-OH is 1. The van der Waals surface area contributed by atoms with E-state index in [1.807, 2.05) is 18.2 Å². The molecule has 0 amide bonds. The number of hydrogen-bond acceptors (Lipinski definition) is 4. The summed E-state index contributed by atoms with van der Waals surface area (Å²) in [6, 6.07) is 8.03. The van der Waals surface area contributed by atoms with Gasteiger partial charge in [-0.2, -0.15) is 0 Å². The van der Waals surface area contributed by atoms with E-state index in [1.54, 1.807) is 11.3 Å². The van der Waals surface area contributed by atoms with Crippen LogP contribution < -0.4 is 0 Å². The molecule has 0 aliphatic rings. The van der Waals surface area contributed by atoms with E-state index in [1.165, 1.54) is 4.70 Å². The molecule has 0 aliphatic heterocycles. The van der Waals surface area contributed by atoms with E-state index in [0.29, 0.717) is 19.6 Å². The number of rotatable bonds is 6. The maximum Gasteiger partial charge on any atom is 0.0965 e. The van der Waals surface area contributed by atoms with Crippen molar-refractivity contribution in [3.05, 3.63) is 29.3 Å². The van der Waals surface area contributed by atoms with Gasteiger partial charge in [-0.15, -0.1) is 11.3 Å². The molecule has 0 spiro atoms. The van der Waals surface area contributed by atoms with Gasteiger partial charge in [0.15, 0.2) is 0 Å². The van der Waals surface area contributed by atoms with Crippen LogP contribution in [0.5, 0.6) is 0 Å². The first kappa shape index (κ1) is 12.5. The Labute approximate surface area is 105 Å². The Morgan fingerprint density at radius 3 is 3.00 bits per heavy atom. The van der Waals surface area contributed by atoms with Gasteiger partial charge in [0.1, 0.15) is 0 Å². The largest absolute Gasteiger partial charge is 0.390 e. The van der Waals surface area contributed by atoms with Crippen LogP contribution in [0.15, 0.2) is 24.3 Å². The maximum atomic E-state index is 9.80. The molecular formula is C13H17NO2S. The van der Waals surface area contributed by atoms with Crippen LogP contribution in [0.25, 0.3) is 10.2 Å². The highest BCUT2D eigenvalue weighted by atomic mass is 32.1. The normalized spacial score (nSPS) is 13.1. The quantitative estimate of drug-likeness (QED) is 0.802. The molecule has 2 rings (SSSR count). The Balaban J connectivity index is 1.93. The minimum atomic E-state index is -0.456. The first-order chi connectivity index (χ1) is 8.29. The van der Waals surface area contributed by atoms with Crippen LogP contribution in [0.4, 0.5) is 0 Å². The molecule has 2 aromatic rings. The van der Waals surface area contributed by atoms with Gasteiger partial charge >= 0.3 is 0 Å². The van der Waals surface area contributed by atoms with Crippen LogP contribution in [-0.2, 0) is 11.2 Å². The predicted octanol–water partition coefficient (Wildman–Crippen LogP) is 2.63. The molecule has 92 valence electrons. The van der Waals surface area contributed by atoms with Crippen LogP contribution in [-0.4, -0.2) is 29.4 Å². The average Bonchev–Trinajstić information content (AvgIpc) is 2.71. The molecule has 1 atom stereocenters. The van der Waals surface area contributed by atoms with Crippen LogP contribution in [0.2, 0.25) is 0 Å². The topological polar surface area (TPSA) is 42.4 Å². The van der Waals surface area contributed by atoms with Gasteiger partial charge in [-0.25, -0.2) is 4.98 Å². The van der Waals surface area contributed by atoms with Gasteiger partial charge in [0.25, 0.3) is 0 Å². The van der Waals surface area contributed by atoms with Gasteiger partial charge in [0.2, 0.25) is 0 Å². The first-order valence-electron chi connectivity index (χ1n) is 5.90. The third kappa shape index (κ3) is 3.49. The lowest BCUT2D eigenvalue weighted by molar-refractivity contribution is 0.0374. The van der Waals surface area contributed by atoms with Gasteiger partial charge in [-0.05, 0) is 18.6 Å². The second-order valence-corrected chi connectivity index (χ2v) is 5.12. The minimum absolute atomic E-state index is 0.393. The number of benzene rings is 1. The molecule has 1 heterocycles. The minimum Gasteiger partial charge on any atom is -0.390 e. The van der Waals surface area contributed by atoms with Crippen LogP contribution >= 0.6 is 11.3 Å². The Kier molecular flexibility index (Phi) is 4.48. The molecule has 4 heteroatoms. The monoisotopic (exact) mass is 251 g/mol. The fourth-order valence-corrected chi connectivity index (χ4v) is 2.67. The summed E-state index contributed by atoms with van der Waals surface area (Å²) in [4.78, 5) is 4.48. The zero-order valence-corrected chi connectivity index (χ0v) is 10.7. The van der Waals surface area contributed by atoms with Gasteiger partial charge in [-0.3, -0.25) is 0 Å². The standard InChI is InChI=1S/C13H17NO2S/c1-2-7-16-9-10(15)8-13-14-11-5-3-4-6-12(11)17-13/h3-6,10,15H,2,7-9H2,1H3. The molecule has 0 radical (unpaired) electrons. The first-order valence-corrected chi connectivity index (χ1v) is 6.71. The smallest absolute Gasteiger partial charge is 0.0965 e. The number of nitrogens with zero attached hydrogens (tertiary/aromatic N) is 1. The number of ether oxygens (including phenoxy) is 1. The number of fused-ring (bicyclic) bond motifs is 1. The molecule has 1 aromatic heterocycles. The van der Waals surface area contributed by atoms with Crippen molar-refractivity contribution in [3.8, 4) is 0 Å². The van der Waals surface area contributed by atoms with Crippen molar-refractivity contribution in [1.29, 1.82) is 0 Å². The summed E-state index contributed by atoms with van der Waals surface area (Å²) in [6.07, 6.45) is 1.10. The molecule has 0 fully saturated rings. The molecule has 1 aromatic carbocycles. The van der Waals surface area contributed by atoms with Gasteiger partial charge < -0.3 is 9.84 Å². The number of aliphatic hydroxyl groups is 1. The zero-order chi connectivity index (χ0) is 12.1. The number of thiazole rings is 1. The molecule has 1 N–H and O–H groups in total. The predicted molar refractivity (Wildman–Crippen MR) is 70.4 cm³/mol. The lowest BCUT2D eigenvalue weighted by Crippen LogP contribution is -2.18. The van der Waals surface area contributed by atoms with Crippen LogP contribution in [0.3, 0.4) is 0 Å². The van der Waals surface area contributed by atoms with E-state index < -0.39 is 6.10 Å². The molecule has 0 saturated carbocycles. The van der Waals surface area contributed by atoms with Crippen molar-refractivity contribution in [3.63, 3.8) is 0 Å². The molecule has 3 nitrogen and oxygen atoms in total. The van der Waals surface area contributed by atoms with E-state index in [2.05, 4.69) is 18.0 Å². The fraction of sp³-hybridized carbons (Fsp3) is 0.462. The Morgan fingerprint density at radius 2 is 2.24 bits per heavy atom. The summed E-state index contributed by atoms with van der Waals surface area (Å²) in [5.74, 6) is 0. The average molecular weight is 251 g/mol. The lowest BCUT2D eigenvalue weighted by Gasteiger charge is -2.08. The second-order valence-electron chi connectivity index (χ2n) is 4.01. The molecule has 0 aliphatic carbocycles. The summed E-state index contributed by atoms with van der Waals surface area (Å²) in [7, 11) is 0. The molecule has 17 heavy (non-hydrogen) atoms. The highest BCUT2D eigenvalue weighted by Crippen LogP contribution is 2.22. The summed E-state index contributed by atoms with van der Waals surface area (Å²) in [5.41, 5.74) is 1.01. The van der Waals surface area contributed by atoms with Crippen molar-refractivity contribution in [1.82, 2.24) is 4.98 Å². The third-order valence-corrected chi connectivity index (χ3v) is 3.47. The Bertz CT molecular complexity index is 436. The highest BCUT2D eigenvalue weighted by molar-refractivity contribution is 7.18.